The molecule has 4 aromatic rings. The van der Waals surface area contributed by atoms with Crippen LogP contribution in [0.15, 0.2) is 78.9 Å². The fourth-order valence-corrected chi connectivity index (χ4v) is 4.07. The van der Waals surface area contributed by atoms with E-state index in [-0.39, 0.29) is 11.8 Å². The predicted octanol–water partition coefficient (Wildman–Crippen LogP) is 6.23. The smallest absolute Gasteiger partial charge is 0.244 e. The maximum Gasteiger partial charge on any atom is 0.244 e. The SMILES string of the molecule is CC[C@@H](C(=O)NC[C@H](C)c1ccccc1)n1nc(-c2ccccc2)c2cc(Cl)ccc21. The Bertz CT molecular complexity index is 1170. The van der Waals surface area contributed by atoms with E-state index in [4.69, 9.17) is 16.7 Å². The van der Waals surface area contributed by atoms with Crippen molar-refractivity contribution in [3.05, 3.63) is 89.4 Å². The molecular weight excluding hydrogens is 406 g/mol. The van der Waals surface area contributed by atoms with Gasteiger partial charge in [0, 0.05) is 22.5 Å². The molecule has 0 saturated carbocycles. The van der Waals surface area contributed by atoms with E-state index in [1.807, 2.05) is 78.3 Å². The summed E-state index contributed by atoms with van der Waals surface area (Å²) in [5.41, 5.74) is 3.95. The summed E-state index contributed by atoms with van der Waals surface area (Å²) in [6.45, 7) is 4.71. The summed E-state index contributed by atoms with van der Waals surface area (Å²) < 4.78 is 1.84. The summed E-state index contributed by atoms with van der Waals surface area (Å²) in [7, 11) is 0. The minimum absolute atomic E-state index is 0.0238. The van der Waals surface area contributed by atoms with Crippen LogP contribution < -0.4 is 5.32 Å². The predicted molar refractivity (Wildman–Crippen MR) is 127 cm³/mol. The van der Waals surface area contributed by atoms with Crippen LogP contribution in [0.2, 0.25) is 5.02 Å². The fourth-order valence-electron chi connectivity index (χ4n) is 3.90. The van der Waals surface area contributed by atoms with Crippen LogP contribution in [0.3, 0.4) is 0 Å². The second-order valence-corrected chi connectivity index (χ2v) is 8.24. The van der Waals surface area contributed by atoms with Gasteiger partial charge in [-0.15, -0.1) is 0 Å². The van der Waals surface area contributed by atoms with Crippen LogP contribution in [0, 0.1) is 0 Å². The first-order valence-corrected chi connectivity index (χ1v) is 11.0. The average molecular weight is 432 g/mol. The van der Waals surface area contributed by atoms with Gasteiger partial charge in [0.25, 0.3) is 0 Å². The molecule has 1 amide bonds. The number of halogens is 1. The van der Waals surface area contributed by atoms with Crippen LogP contribution >= 0.6 is 11.6 Å². The van der Waals surface area contributed by atoms with Crippen molar-refractivity contribution in [1.29, 1.82) is 0 Å². The van der Waals surface area contributed by atoms with Crippen LogP contribution in [0.1, 0.15) is 37.8 Å². The van der Waals surface area contributed by atoms with Crippen molar-refractivity contribution in [3.63, 3.8) is 0 Å². The molecule has 0 radical (unpaired) electrons. The van der Waals surface area contributed by atoms with Gasteiger partial charge >= 0.3 is 0 Å². The van der Waals surface area contributed by atoms with Gasteiger partial charge in [-0.05, 0) is 36.1 Å². The first kappa shape index (κ1) is 21.1. The van der Waals surface area contributed by atoms with E-state index < -0.39 is 6.04 Å². The monoisotopic (exact) mass is 431 g/mol. The van der Waals surface area contributed by atoms with Crippen LogP contribution in [-0.2, 0) is 4.79 Å². The Balaban J connectivity index is 1.64. The van der Waals surface area contributed by atoms with Gasteiger partial charge in [0.15, 0.2) is 0 Å². The lowest BCUT2D eigenvalue weighted by atomic mass is 10.0. The minimum atomic E-state index is -0.399. The average Bonchev–Trinajstić information content (AvgIpc) is 3.17. The molecule has 31 heavy (non-hydrogen) atoms. The Hall–Kier alpha value is -3.11. The van der Waals surface area contributed by atoms with E-state index in [1.165, 1.54) is 5.56 Å². The number of carbonyl (C=O) groups excluding carboxylic acids is 1. The molecular formula is C26H26ClN3O. The van der Waals surface area contributed by atoms with E-state index in [0.29, 0.717) is 18.0 Å². The zero-order valence-electron chi connectivity index (χ0n) is 17.8. The highest BCUT2D eigenvalue weighted by Crippen LogP contribution is 2.32. The lowest BCUT2D eigenvalue weighted by molar-refractivity contribution is -0.124. The zero-order chi connectivity index (χ0) is 21.8. The molecule has 0 saturated heterocycles. The van der Waals surface area contributed by atoms with E-state index in [0.717, 1.165) is 22.2 Å². The molecule has 1 N–H and O–H groups in total. The molecule has 0 aliphatic carbocycles. The summed E-state index contributed by atoms with van der Waals surface area (Å²) in [5.74, 6) is 0.208. The number of nitrogens with one attached hydrogen (secondary N) is 1. The lowest BCUT2D eigenvalue weighted by Gasteiger charge is -2.19. The van der Waals surface area contributed by atoms with Crippen molar-refractivity contribution in [3.8, 4) is 11.3 Å². The number of benzene rings is 3. The quantitative estimate of drug-likeness (QED) is 0.377. The largest absolute Gasteiger partial charge is 0.354 e. The highest BCUT2D eigenvalue weighted by atomic mass is 35.5. The topological polar surface area (TPSA) is 46.9 Å². The molecule has 0 unspecified atom stereocenters. The molecule has 4 nitrogen and oxygen atoms in total. The van der Waals surface area contributed by atoms with Gasteiger partial charge in [0.05, 0.1) is 5.52 Å². The van der Waals surface area contributed by atoms with E-state index >= 15 is 0 Å². The summed E-state index contributed by atoms with van der Waals surface area (Å²) in [4.78, 5) is 13.2. The van der Waals surface area contributed by atoms with Gasteiger partial charge in [-0.3, -0.25) is 9.48 Å². The number of nitrogens with zero attached hydrogens (tertiary/aromatic N) is 2. The van der Waals surface area contributed by atoms with Crippen LogP contribution in [0.5, 0.6) is 0 Å². The standard InChI is InChI=1S/C26H26ClN3O/c1-3-23(26(31)28-17-18(2)19-10-6-4-7-11-19)30-24-15-14-21(27)16-22(24)25(29-30)20-12-8-5-9-13-20/h4-16,18,23H,3,17H2,1-2H3,(H,28,31)/t18-,23-/m0/s1. The maximum absolute atomic E-state index is 13.2. The van der Waals surface area contributed by atoms with Crippen molar-refractivity contribution < 1.29 is 4.79 Å². The molecule has 3 aromatic carbocycles. The Morgan fingerprint density at radius 2 is 1.71 bits per heavy atom. The Morgan fingerprint density at radius 3 is 2.39 bits per heavy atom. The van der Waals surface area contributed by atoms with E-state index in [9.17, 15) is 4.79 Å². The van der Waals surface area contributed by atoms with Crippen LogP contribution in [-0.4, -0.2) is 22.2 Å². The number of hydrogen-bond acceptors (Lipinski definition) is 2. The normalized spacial score (nSPS) is 13.1. The van der Waals surface area contributed by atoms with Gasteiger partial charge in [-0.1, -0.05) is 86.1 Å². The molecule has 0 aliphatic rings. The second-order valence-electron chi connectivity index (χ2n) is 7.80. The molecule has 1 aromatic heterocycles. The molecule has 0 fully saturated rings. The van der Waals surface area contributed by atoms with Crippen molar-refractivity contribution in [2.24, 2.45) is 0 Å². The molecule has 4 rings (SSSR count). The van der Waals surface area contributed by atoms with Crippen molar-refractivity contribution in [1.82, 2.24) is 15.1 Å². The lowest BCUT2D eigenvalue weighted by Crippen LogP contribution is -2.35. The third-order valence-corrected chi connectivity index (χ3v) is 5.89. The Labute approximate surface area is 187 Å². The first-order chi connectivity index (χ1) is 15.1. The van der Waals surface area contributed by atoms with Gasteiger partial charge < -0.3 is 5.32 Å². The number of aromatic nitrogens is 2. The summed E-state index contributed by atoms with van der Waals surface area (Å²) in [6.07, 6.45) is 0.638. The minimum Gasteiger partial charge on any atom is -0.354 e. The van der Waals surface area contributed by atoms with Crippen LogP contribution in [0.4, 0.5) is 0 Å². The number of rotatable bonds is 7. The van der Waals surface area contributed by atoms with Crippen LogP contribution in [0.25, 0.3) is 22.2 Å². The van der Waals surface area contributed by atoms with Crippen molar-refractivity contribution >= 4 is 28.4 Å². The molecule has 0 aliphatic heterocycles. The van der Waals surface area contributed by atoms with Gasteiger partial charge in [-0.2, -0.15) is 5.10 Å². The van der Waals surface area contributed by atoms with E-state index in [1.54, 1.807) is 0 Å². The molecule has 0 spiro atoms. The molecule has 1 heterocycles. The highest BCUT2D eigenvalue weighted by Gasteiger charge is 2.24. The molecule has 158 valence electrons. The molecule has 5 heteroatoms. The molecule has 0 bridgehead atoms. The maximum atomic E-state index is 13.2. The Morgan fingerprint density at radius 1 is 1.03 bits per heavy atom. The van der Waals surface area contributed by atoms with Gasteiger partial charge in [0.1, 0.15) is 11.7 Å². The molecule has 2 atom stereocenters. The summed E-state index contributed by atoms with van der Waals surface area (Å²) in [6, 6.07) is 25.5. The first-order valence-electron chi connectivity index (χ1n) is 10.6. The zero-order valence-corrected chi connectivity index (χ0v) is 18.5. The van der Waals surface area contributed by atoms with Gasteiger partial charge in [0.2, 0.25) is 5.91 Å². The van der Waals surface area contributed by atoms with Gasteiger partial charge in [-0.25, -0.2) is 0 Å². The highest BCUT2D eigenvalue weighted by molar-refractivity contribution is 6.31. The Kier molecular flexibility index (Phi) is 6.38. The number of fused-ring (bicyclic) bond motifs is 1. The fraction of sp³-hybridized carbons (Fsp3) is 0.231. The summed E-state index contributed by atoms with van der Waals surface area (Å²) >= 11 is 6.29. The van der Waals surface area contributed by atoms with Crippen molar-refractivity contribution in [2.45, 2.75) is 32.2 Å². The second kappa shape index (κ2) is 9.36. The summed E-state index contributed by atoms with van der Waals surface area (Å²) in [5, 5.41) is 9.60. The number of hydrogen-bond donors (Lipinski definition) is 1. The number of carbonyl (C=O) groups is 1. The number of amides is 1. The van der Waals surface area contributed by atoms with Crippen molar-refractivity contribution in [2.75, 3.05) is 6.54 Å². The third-order valence-electron chi connectivity index (χ3n) is 5.65. The van der Waals surface area contributed by atoms with E-state index in [2.05, 4.69) is 24.4 Å². The third kappa shape index (κ3) is 4.49.